The number of hydrogen-bond donors (Lipinski definition) is 0. The molecule has 1 aromatic rings. The topological polar surface area (TPSA) is 53.5 Å². The van der Waals surface area contributed by atoms with Crippen LogP contribution in [0.25, 0.3) is 0 Å². The van der Waals surface area contributed by atoms with Crippen LogP contribution >= 0.6 is 0 Å². The molecule has 22 heavy (non-hydrogen) atoms. The van der Waals surface area contributed by atoms with Crippen molar-refractivity contribution in [3.63, 3.8) is 0 Å². The summed E-state index contributed by atoms with van der Waals surface area (Å²) in [7, 11) is 0. The van der Waals surface area contributed by atoms with Crippen LogP contribution in [0.3, 0.4) is 0 Å². The van der Waals surface area contributed by atoms with Gasteiger partial charge in [0.2, 0.25) is 5.91 Å². The van der Waals surface area contributed by atoms with Gasteiger partial charge in [0.05, 0.1) is 5.56 Å². The van der Waals surface area contributed by atoms with E-state index in [9.17, 15) is 9.59 Å². The monoisotopic (exact) mass is 299 g/mol. The van der Waals surface area contributed by atoms with Gasteiger partial charge in [-0.15, -0.1) is 0 Å². The number of carbonyl (C=O) groups is 2. The van der Waals surface area contributed by atoms with Crippen molar-refractivity contribution in [1.29, 1.82) is 0 Å². The molecule has 0 bridgehead atoms. The molecule has 5 heteroatoms. The van der Waals surface area contributed by atoms with Crippen LogP contribution in [-0.4, -0.2) is 52.8 Å². The second-order valence-corrected chi connectivity index (χ2v) is 5.91. The molecule has 2 fully saturated rings. The molecule has 0 radical (unpaired) electrons. The summed E-state index contributed by atoms with van der Waals surface area (Å²) in [5, 5.41) is 0. The van der Waals surface area contributed by atoms with E-state index in [2.05, 4.69) is 4.98 Å². The fourth-order valence-electron chi connectivity index (χ4n) is 2.63. The van der Waals surface area contributed by atoms with Gasteiger partial charge in [0.15, 0.2) is 0 Å². The third-order valence-electron chi connectivity index (χ3n) is 4.14. The van der Waals surface area contributed by atoms with E-state index < -0.39 is 0 Å². The minimum Gasteiger partial charge on any atom is -0.337 e. The largest absolute Gasteiger partial charge is 0.337 e. The van der Waals surface area contributed by atoms with Crippen molar-refractivity contribution in [3.05, 3.63) is 42.2 Å². The molecule has 0 aromatic carbocycles. The SMILES string of the molecule is O=C(/C=C/C1CC1)N1CCCN(C(=O)c2cccnc2)CC1. The highest BCUT2D eigenvalue weighted by Gasteiger charge is 2.23. The quantitative estimate of drug-likeness (QED) is 0.799. The summed E-state index contributed by atoms with van der Waals surface area (Å²) < 4.78 is 0. The smallest absolute Gasteiger partial charge is 0.255 e. The van der Waals surface area contributed by atoms with Crippen LogP contribution in [0.4, 0.5) is 0 Å². The van der Waals surface area contributed by atoms with E-state index in [0.29, 0.717) is 37.7 Å². The maximum absolute atomic E-state index is 12.4. The molecule has 0 atom stereocenters. The fourth-order valence-corrected chi connectivity index (χ4v) is 2.63. The standard InChI is InChI=1S/C17H21N3O2/c21-16(7-6-14-4-5-14)19-9-2-10-20(12-11-19)17(22)15-3-1-8-18-13-15/h1,3,6-8,13-14H,2,4-5,9-12H2/b7-6+. The highest BCUT2D eigenvalue weighted by Crippen LogP contribution is 2.30. The number of rotatable bonds is 3. The number of carbonyl (C=O) groups excluding carboxylic acids is 2. The first kappa shape index (κ1) is 14.8. The number of amides is 2. The van der Waals surface area contributed by atoms with Crippen LogP contribution in [0.5, 0.6) is 0 Å². The lowest BCUT2D eigenvalue weighted by Crippen LogP contribution is -2.36. The lowest BCUT2D eigenvalue weighted by Gasteiger charge is -2.21. The van der Waals surface area contributed by atoms with Gasteiger partial charge in [-0.25, -0.2) is 0 Å². The Morgan fingerprint density at radius 1 is 1.14 bits per heavy atom. The van der Waals surface area contributed by atoms with Crippen LogP contribution in [0, 0.1) is 5.92 Å². The van der Waals surface area contributed by atoms with Gasteiger partial charge in [-0.2, -0.15) is 0 Å². The van der Waals surface area contributed by atoms with E-state index in [0.717, 1.165) is 6.42 Å². The summed E-state index contributed by atoms with van der Waals surface area (Å²) in [6, 6.07) is 3.55. The summed E-state index contributed by atoms with van der Waals surface area (Å²) in [6.07, 6.45) is 10.2. The molecule has 2 aliphatic rings. The van der Waals surface area contributed by atoms with E-state index in [1.165, 1.54) is 12.8 Å². The van der Waals surface area contributed by atoms with E-state index in [1.807, 2.05) is 15.9 Å². The first-order chi connectivity index (χ1) is 10.7. The van der Waals surface area contributed by atoms with E-state index >= 15 is 0 Å². The zero-order valence-electron chi connectivity index (χ0n) is 12.6. The first-order valence-electron chi connectivity index (χ1n) is 7.90. The summed E-state index contributed by atoms with van der Waals surface area (Å²) in [5.41, 5.74) is 0.607. The highest BCUT2D eigenvalue weighted by molar-refractivity contribution is 5.94. The molecule has 5 nitrogen and oxygen atoms in total. The van der Waals surface area contributed by atoms with Gasteiger partial charge in [0, 0.05) is 38.6 Å². The predicted molar refractivity (Wildman–Crippen MR) is 83.2 cm³/mol. The number of pyridine rings is 1. The minimum atomic E-state index is -0.00378. The summed E-state index contributed by atoms with van der Waals surface area (Å²) in [6.45, 7) is 2.57. The Hall–Kier alpha value is -2.17. The van der Waals surface area contributed by atoms with Crippen molar-refractivity contribution in [2.45, 2.75) is 19.3 Å². The average molecular weight is 299 g/mol. The Bertz CT molecular complexity index is 567. The van der Waals surface area contributed by atoms with E-state index in [4.69, 9.17) is 0 Å². The van der Waals surface area contributed by atoms with Crippen molar-refractivity contribution in [2.24, 2.45) is 5.92 Å². The Balaban J connectivity index is 1.57. The van der Waals surface area contributed by atoms with Crippen LogP contribution in [0.2, 0.25) is 0 Å². The molecule has 1 saturated heterocycles. The second kappa shape index (κ2) is 6.73. The van der Waals surface area contributed by atoms with Gasteiger partial charge in [-0.3, -0.25) is 14.6 Å². The van der Waals surface area contributed by atoms with Crippen molar-refractivity contribution < 1.29 is 9.59 Å². The minimum absolute atomic E-state index is 0.00378. The third-order valence-corrected chi connectivity index (χ3v) is 4.14. The van der Waals surface area contributed by atoms with Gasteiger partial charge < -0.3 is 9.80 Å². The molecule has 0 unspecified atom stereocenters. The number of hydrogen-bond acceptors (Lipinski definition) is 3. The molecular weight excluding hydrogens is 278 g/mol. The summed E-state index contributed by atoms with van der Waals surface area (Å²) in [5.74, 6) is 0.679. The Labute approximate surface area is 130 Å². The van der Waals surface area contributed by atoms with Gasteiger partial charge in [0.25, 0.3) is 5.91 Å². The predicted octanol–water partition coefficient (Wildman–Crippen LogP) is 1.72. The van der Waals surface area contributed by atoms with Crippen molar-refractivity contribution >= 4 is 11.8 Å². The highest BCUT2D eigenvalue weighted by atomic mass is 16.2. The van der Waals surface area contributed by atoms with Gasteiger partial charge in [-0.05, 0) is 43.4 Å². The maximum Gasteiger partial charge on any atom is 0.255 e. The van der Waals surface area contributed by atoms with Crippen molar-refractivity contribution in [3.8, 4) is 0 Å². The van der Waals surface area contributed by atoms with Crippen LogP contribution < -0.4 is 0 Å². The summed E-state index contributed by atoms with van der Waals surface area (Å²) >= 11 is 0. The van der Waals surface area contributed by atoms with Crippen molar-refractivity contribution in [1.82, 2.24) is 14.8 Å². The molecule has 1 aromatic heterocycles. The molecular formula is C17H21N3O2. The average Bonchev–Trinajstić information content (AvgIpc) is 3.39. The van der Waals surface area contributed by atoms with Crippen LogP contribution in [-0.2, 0) is 4.79 Å². The van der Waals surface area contributed by atoms with Crippen LogP contribution in [0.15, 0.2) is 36.7 Å². The molecule has 0 N–H and O–H groups in total. The molecule has 0 spiro atoms. The zero-order chi connectivity index (χ0) is 15.4. The van der Waals surface area contributed by atoms with Gasteiger partial charge in [0.1, 0.15) is 0 Å². The Morgan fingerprint density at radius 2 is 1.91 bits per heavy atom. The van der Waals surface area contributed by atoms with Crippen LogP contribution in [0.1, 0.15) is 29.6 Å². The van der Waals surface area contributed by atoms with Gasteiger partial charge >= 0.3 is 0 Å². The number of allylic oxidation sites excluding steroid dienone is 1. The van der Waals surface area contributed by atoms with E-state index in [1.54, 1.807) is 30.6 Å². The van der Waals surface area contributed by atoms with Crippen molar-refractivity contribution in [2.75, 3.05) is 26.2 Å². The number of aromatic nitrogens is 1. The maximum atomic E-state index is 12.4. The fraction of sp³-hybridized carbons (Fsp3) is 0.471. The zero-order valence-corrected chi connectivity index (χ0v) is 12.6. The molecule has 3 rings (SSSR count). The molecule has 1 saturated carbocycles. The molecule has 1 aliphatic heterocycles. The van der Waals surface area contributed by atoms with Gasteiger partial charge in [-0.1, -0.05) is 6.08 Å². The lowest BCUT2D eigenvalue weighted by atomic mass is 10.2. The summed E-state index contributed by atoms with van der Waals surface area (Å²) in [4.78, 5) is 32.2. The lowest BCUT2D eigenvalue weighted by molar-refractivity contribution is -0.125. The molecule has 2 amide bonds. The van der Waals surface area contributed by atoms with E-state index in [-0.39, 0.29) is 11.8 Å². The molecule has 116 valence electrons. The third kappa shape index (κ3) is 3.72. The Kier molecular flexibility index (Phi) is 4.51. The number of nitrogens with zero attached hydrogens (tertiary/aromatic N) is 3. The normalized spacial score (nSPS) is 19.3. The first-order valence-corrected chi connectivity index (χ1v) is 7.90. The second-order valence-electron chi connectivity index (χ2n) is 5.91. The molecule has 1 aliphatic carbocycles. The molecule has 2 heterocycles. The Morgan fingerprint density at radius 3 is 2.64 bits per heavy atom.